The number of halogens is 3. The van der Waals surface area contributed by atoms with E-state index in [-0.39, 0.29) is 17.4 Å². The summed E-state index contributed by atoms with van der Waals surface area (Å²) in [4.78, 5) is 29.0. The number of nitrogens with zero attached hydrogens (tertiary/aromatic N) is 1. The van der Waals surface area contributed by atoms with Gasteiger partial charge < -0.3 is 10.6 Å². The molecule has 0 bridgehead atoms. The van der Waals surface area contributed by atoms with Gasteiger partial charge in [-0.3, -0.25) is 9.59 Å². The van der Waals surface area contributed by atoms with E-state index in [1.165, 1.54) is 12.1 Å². The highest BCUT2D eigenvalue weighted by atomic mass is 19.4. The van der Waals surface area contributed by atoms with Gasteiger partial charge in [0.25, 0.3) is 5.91 Å². The minimum Gasteiger partial charge on any atom is -0.322 e. The fourth-order valence-corrected chi connectivity index (χ4v) is 4.00. The van der Waals surface area contributed by atoms with Gasteiger partial charge in [-0.1, -0.05) is 24.3 Å². The normalized spacial score (nSPS) is 13.4. The van der Waals surface area contributed by atoms with Crippen molar-refractivity contribution in [3.8, 4) is 11.1 Å². The summed E-state index contributed by atoms with van der Waals surface area (Å²) in [5.74, 6) is -0.0192. The van der Waals surface area contributed by atoms with Crippen LogP contribution in [0.5, 0.6) is 0 Å². The molecular weight excluding hydrogens is 467 g/mol. The van der Waals surface area contributed by atoms with Crippen LogP contribution in [0.4, 0.5) is 24.7 Å². The van der Waals surface area contributed by atoms with Gasteiger partial charge in [0.1, 0.15) is 5.82 Å². The Balaban J connectivity index is 1.38. The zero-order valence-corrected chi connectivity index (χ0v) is 19.3. The Morgan fingerprint density at radius 1 is 0.917 bits per heavy atom. The smallest absolute Gasteiger partial charge is 0.322 e. The van der Waals surface area contributed by atoms with Crippen molar-refractivity contribution in [2.45, 2.75) is 25.9 Å². The number of carbonyl (C=O) groups is 2. The van der Waals surface area contributed by atoms with E-state index in [9.17, 15) is 22.8 Å². The number of benzene rings is 3. The minimum absolute atomic E-state index is 0.00177. The standard InChI is InChI=1S/C28H22F3N3O2/c1-16-5-10-23(33-27(36)20-3-2-4-22(12-20)28(29,30)31)14-24(16)19-9-8-18-13-25(32-15-21(18)11-19)34-26(35)17-6-7-17/h2-5,8-15,17H,6-7H2,1H3,(H,33,36)(H,32,34,35). The van der Waals surface area contributed by atoms with E-state index in [1.54, 1.807) is 18.3 Å². The largest absolute Gasteiger partial charge is 0.416 e. The molecule has 5 rings (SSSR count). The number of aryl methyl sites for hydroxylation is 1. The molecule has 8 heteroatoms. The predicted octanol–water partition coefficient (Wildman–Crippen LogP) is 6.83. The van der Waals surface area contributed by atoms with E-state index in [0.29, 0.717) is 11.5 Å². The monoisotopic (exact) mass is 489 g/mol. The molecule has 5 nitrogen and oxygen atoms in total. The molecule has 3 aromatic carbocycles. The first-order chi connectivity index (χ1) is 17.2. The van der Waals surface area contributed by atoms with Gasteiger partial charge in [-0.25, -0.2) is 4.98 Å². The van der Waals surface area contributed by atoms with Crippen molar-refractivity contribution < 1.29 is 22.8 Å². The Bertz CT molecular complexity index is 1490. The summed E-state index contributed by atoms with van der Waals surface area (Å²) in [6, 6.07) is 17.3. The summed E-state index contributed by atoms with van der Waals surface area (Å²) >= 11 is 0. The third-order valence-corrected chi connectivity index (χ3v) is 6.18. The number of alkyl halides is 3. The van der Waals surface area contributed by atoms with Gasteiger partial charge in [0.15, 0.2) is 0 Å². The van der Waals surface area contributed by atoms with Gasteiger partial charge in [-0.05, 0) is 84.3 Å². The molecule has 1 aliphatic carbocycles. The summed E-state index contributed by atoms with van der Waals surface area (Å²) in [6.45, 7) is 1.94. The van der Waals surface area contributed by atoms with Crippen LogP contribution < -0.4 is 10.6 Å². The van der Waals surface area contributed by atoms with Crippen LogP contribution in [0.3, 0.4) is 0 Å². The number of aromatic nitrogens is 1. The fourth-order valence-electron chi connectivity index (χ4n) is 4.00. The Labute approximate surface area is 205 Å². The number of carbonyl (C=O) groups excluding carboxylic acids is 2. The van der Waals surface area contributed by atoms with Gasteiger partial charge in [-0.15, -0.1) is 0 Å². The van der Waals surface area contributed by atoms with Crippen molar-refractivity contribution in [2.24, 2.45) is 5.92 Å². The maximum atomic E-state index is 13.0. The molecule has 0 aliphatic heterocycles. The van der Waals surface area contributed by atoms with E-state index in [1.807, 2.05) is 37.3 Å². The molecule has 1 heterocycles. The summed E-state index contributed by atoms with van der Waals surface area (Å²) in [7, 11) is 0. The SMILES string of the molecule is Cc1ccc(NC(=O)c2cccc(C(F)(F)F)c2)cc1-c1ccc2cc(NC(=O)C3CC3)ncc2c1. The number of hydrogen-bond acceptors (Lipinski definition) is 3. The highest BCUT2D eigenvalue weighted by Gasteiger charge is 2.31. The molecule has 1 fully saturated rings. The molecule has 2 amide bonds. The first kappa shape index (κ1) is 23.5. The third-order valence-electron chi connectivity index (χ3n) is 6.18. The fraction of sp³-hybridized carbons (Fsp3) is 0.179. The van der Waals surface area contributed by atoms with Crippen molar-refractivity contribution in [1.29, 1.82) is 0 Å². The van der Waals surface area contributed by atoms with E-state index < -0.39 is 17.6 Å². The maximum absolute atomic E-state index is 13.0. The predicted molar refractivity (Wildman–Crippen MR) is 133 cm³/mol. The van der Waals surface area contributed by atoms with Gasteiger partial charge in [0.2, 0.25) is 5.91 Å². The summed E-state index contributed by atoms with van der Waals surface area (Å²) in [5, 5.41) is 7.35. The number of rotatable bonds is 5. The average Bonchev–Trinajstić information content (AvgIpc) is 3.70. The van der Waals surface area contributed by atoms with Crippen LogP contribution >= 0.6 is 0 Å². The molecule has 1 aromatic heterocycles. The first-order valence-corrected chi connectivity index (χ1v) is 11.5. The van der Waals surface area contributed by atoms with Crippen LogP contribution in [0.1, 0.15) is 34.3 Å². The molecule has 182 valence electrons. The summed E-state index contributed by atoms with van der Waals surface area (Å²) < 4.78 is 39.0. The molecule has 2 N–H and O–H groups in total. The van der Waals surface area contributed by atoms with Gasteiger partial charge in [0.05, 0.1) is 5.56 Å². The molecular formula is C28H22F3N3O2. The maximum Gasteiger partial charge on any atom is 0.416 e. The average molecular weight is 489 g/mol. The highest BCUT2D eigenvalue weighted by Crippen LogP contribution is 2.33. The molecule has 0 spiro atoms. The zero-order valence-electron chi connectivity index (χ0n) is 19.3. The zero-order chi connectivity index (χ0) is 25.4. The van der Waals surface area contributed by atoms with Crippen LogP contribution in [-0.2, 0) is 11.0 Å². The van der Waals surface area contributed by atoms with Crippen LogP contribution in [0.15, 0.2) is 72.9 Å². The third kappa shape index (κ3) is 5.07. The second-order valence-corrected chi connectivity index (χ2v) is 8.96. The van der Waals surface area contributed by atoms with Gasteiger partial charge in [-0.2, -0.15) is 13.2 Å². The number of pyridine rings is 1. The quantitative estimate of drug-likeness (QED) is 0.323. The number of fused-ring (bicyclic) bond motifs is 1. The Kier molecular flexibility index (Phi) is 5.96. The number of nitrogens with one attached hydrogen (secondary N) is 2. The number of amides is 2. The second-order valence-electron chi connectivity index (χ2n) is 8.96. The first-order valence-electron chi connectivity index (χ1n) is 11.5. The van der Waals surface area contributed by atoms with Crippen molar-refractivity contribution >= 4 is 34.1 Å². The highest BCUT2D eigenvalue weighted by molar-refractivity contribution is 6.05. The lowest BCUT2D eigenvalue weighted by molar-refractivity contribution is -0.137. The lowest BCUT2D eigenvalue weighted by Crippen LogP contribution is -2.14. The van der Waals surface area contributed by atoms with Crippen molar-refractivity contribution in [1.82, 2.24) is 4.98 Å². The van der Waals surface area contributed by atoms with Crippen molar-refractivity contribution in [2.75, 3.05) is 10.6 Å². The van der Waals surface area contributed by atoms with Gasteiger partial charge >= 0.3 is 6.18 Å². The van der Waals surface area contributed by atoms with Crippen LogP contribution in [0.2, 0.25) is 0 Å². The Morgan fingerprint density at radius 3 is 2.47 bits per heavy atom. The van der Waals surface area contributed by atoms with E-state index in [2.05, 4.69) is 15.6 Å². The van der Waals surface area contributed by atoms with E-state index in [0.717, 1.165) is 52.4 Å². The lowest BCUT2D eigenvalue weighted by Gasteiger charge is -2.13. The Hall–Kier alpha value is -4.20. The molecule has 36 heavy (non-hydrogen) atoms. The molecule has 1 aliphatic rings. The Morgan fingerprint density at radius 2 is 1.72 bits per heavy atom. The van der Waals surface area contributed by atoms with Gasteiger partial charge in [0, 0.05) is 28.8 Å². The van der Waals surface area contributed by atoms with E-state index in [4.69, 9.17) is 0 Å². The van der Waals surface area contributed by atoms with Crippen LogP contribution in [0.25, 0.3) is 21.9 Å². The minimum atomic E-state index is -4.53. The number of hydrogen-bond donors (Lipinski definition) is 2. The second kappa shape index (κ2) is 9.11. The molecule has 0 unspecified atom stereocenters. The topological polar surface area (TPSA) is 71.1 Å². The summed E-state index contributed by atoms with van der Waals surface area (Å²) in [5.41, 5.74) is 2.24. The molecule has 0 atom stereocenters. The number of anilines is 2. The van der Waals surface area contributed by atoms with Crippen molar-refractivity contribution in [3.63, 3.8) is 0 Å². The van der Waals surface area contributed by atoms with Crippen LogP contribution in [0, 0.1) is 12.8 Å². The summed E-state index contributed by atoms with van der Waals surface area (Å²) in [6.07, 6.45) is -0.985. The molecule has 1 saturated carbocycles. The van der Waals surface area contributed by atoms with Crippen LogP contribution in [-0.4, -0.2) is 16.8 Å². The lowest BCUT2D eigenvalue weighted by atomic mass is 9.97. The molecule has 0 saturated heterocycles. The van der Waals surface area contributed by atoms with E-state index >= 15 is 0 Å². The van der Waals surface area contributed by atoms with Crippen molar-refractivity contribution in [3.05, 3.63) is 89.6 Å². The molecule has 4 aromatic rings. The molecule has 0 radical (unpaired) electrons.